The number of rotatable bonds is 8. The van der Waals surface area contributed by atoms with Crippen LogP contribution in [0.25, 0.3) is 0 Å². The Morgan fingerprint density at radius 2 is 1.68 bits per heavy atom. The van der Waals surface area contributed by atoms with Crippen LogP contribution in [0, 0.1) is 23.0 Å². The fourth-order valence-electron chi connectivity index (χ4n) is 5.20. The second-order valence-corrected chi connectivity index (χ2v) is 8.98. The maximum absolute atomic E-state index is 14.2. The van der Waals surface area contributed by atoms with Crippen LogP contribution in [0.4, 0.5) is 8.78 Å². The average molecular weight is 467 g/mol. The van der Waals surface area contributed by atoms with Crippen molar-refractivity contribution in [3.8, 4) is 6.07 Å². The highest BCUT2D eigenvalue weighted by atomic mass is 19.1. The van der Waals surface area contributed by atoms with Crippen molar-refractivity contribution in [1.82, 2.24) is 15.1 Å². The van der Waals surface area contributed by atoms with E-state index in [1.54, 1.807) is 12.1 Å². The van der Waals surface area contributed by atoms with Crippen LogP contribution in [-0.2, 0) is 11.3 Å². The van der Waals surface area contributed by atoms with Crippen molar-refractivity contribution in [2.24, 2.45) is 0 Å². The van der Waals surface area contributed by atoms with Gasteiger partial charge in [0.2, 0.25) is 5.91 Å². The van der Waals surface area contributed by atoms with Gasteiger partial charge in [0.25, 0.3) is 5.91 Å². The highest BCUT2D eigenvalue weighted by Crippen LogP contribution is 2.35. The van der Waals surface area contributed by atoms with Gasteiger partial charge in [-0.3, -0.25) is 14.5 Å². The maximum atomic E-state index is 14.2. The van der Waals surface area contributed by atoms with Gasteiger partial charge in [-0.15, -0.1) is 0 Å². The number of benzene rings is 2. The second-order valence-electron chi connectivity index (χ2n) is 8.98. The summed E-state index contributed by atoms with van der Waals surface area (Å²) in [5, 5.41) is 12.1. The van der Waals surface area contributed by atoms with Gasteiger partial charge in [-0.25, -0.2) is 8.78 Å². The number of halogens is 2. The molecule has 0 radical (unpaired) electrons. The number of amides is 2. The molecular weight excluding hydrogens is 438 g/mol. The number of nitrogens with zero attached hydrogens (tertiary/aromatic N) is 3. The van der Waals surface area contributed by atoms with Crippen LogP contribution < -0.4 is 5.32 Å². The van der Waals surface area contributed by atoms with Crippen LogP contribution in [0.1, 0.15) is 48.0 Å². The number of nitrogens with one attached hydrogen (secondary N) is 1. The van der Waals surface area contributed by atoms with Crippen LogP contribution in [0.2, 0.25) is 0 Å². The summed E-state index contributed by atoms with van der Waals surface area (Å²) in [5.74, 6) is -1.92. The lowest BCUT2D eigenvalue weighted by atomic mass is 9.96. The third kappa shape index (κ3) is 5.42. The molecule has 34 heavy (non-hydrogen) atoms. The van der Waals surface area contributed by atoms with Crippen molar-refractivity contribution in [3.05, 3.63) is 71.3 Å². The van der Waals surface area contributed by atoms with Crippen LogP contribution in [0.5, 0.6) is 0 Å². The van der Waals surface area contributed by atoms with E-state index in [-0.39, 0.29) is 49.1 Å². The van der Waals surface area contributed by atoms with Crippen LogP contribution in [0.15, 0.2) is 48.5 Å². The standard InChI is InChI=1S/C26H28F2N4O2/c27-23-7-4-8-24(28)22(23)17-31(25(33)11-12-29)13-14-32-20-9-10-21(32)16-19(15-20)30-26(34)18-5-2-1-3-6-18/h1-8,19-21H,9-11,13-17H2,(H,30,34). The first-order chi connectivity index (χ1) is 16.5. The van der Waals surface area contributed by atoms with E-state index >= 15 is 0 Å². The average Bonchev–Trinajstić information content (AvgIpc) is 3.06. The molecule has 0 saturated carbocycles. The van der Waals surface area contributed by atoms with Crippen molar-refractivity contribution in [2.75, 3.05) is 13.1 Å². The molecule has 2 aromatic carbocycles. The predicted molar refractivity (Wildman–Crippen MR) is 122 cm³/mol. The Bertz CT molecular complexity index is 1040. The first kappa shape index (κ1) is 23.8. The summed E-state index contributed by atoms with van der Waals surface area (Å²) in [6.45, 7) is 0.627. The summed E-state index contributed by atoms with van der Waals surface area (Å²) >= 11 is 0. The summed E-state index contributed by atoms with van der Waals surface area (Å²) in [7, 11) is 0. The summed E-state index contributed by atoms with van der Waals surface area (Å²) in [4.78, 5) is 28.8. The fraction of sp³-hybridized carbons (Fsp3) is 0.423. The lowest BCUT2D eigenvalue weighted by molar-refractivity contribution is -0.131. The molecule has 2 atom stereocenters. The number of hydrogen-bond donors (Lipinski definition) is 1. The molecule has 2 saturated heterocycles. The molecule has 2 aromatic rings. The lowest BCUT2D eigenvalue weighted by Gasteiger charge is -2.40. The van der Waals surface area contributed by atoms with E-state index in [0.717, 1.165) is 25.7 Å². The second kappa shape index (κ2) is 10.7. The topological polar surface area (TPSA) is 76.4 Å². The van der Waals surface area contributed by atoms with Gasteiger partial charge in [0, 0.05) is 42.3 Å². The zero-order valence-electron chi connectivity index (χ0n) is 18.9. The highest BCUT2D eigenvalue weighted by Gasteiger charge is 2.41. The van der Waals surface area contributed by atoms with E-state index in [2.05, 4.69) is 10.2 Å². The first-order valence-electron chi connectivity index (χ1n) is 11.7. The Morgan fingerprint density at radius 3 is 2.29 bits per heavy atom. The van der Waals surface area contributed by atoms with E-state index < -0.39 is 17.5 Å². The predicted octanol–water partition coefficient (Wildman–Crippen LogP) is 3.63. The zero-order valence-corrected chi connectivity index (χ0v) is 18.9. The van der Waals surface area contributed by atoms with E-state index in [1.165, 1.54) is 23.1 Å². The molecule has 2 amide bonds. The molecule has 1 N–H and O–H groups in total. The monoisotopic (exact) mass is 466 g/mol. The largest absolute Gasteiger partial charge is 0.349 e. The Hall–Kier alpha value is -3.31. The van der Waals surface area contributed by atoms with Gasteiger partial charge in [-0.1, -0.05) is 24.3 Å². The third-order valence-electron chi connectivity index (χ3n) is 6.88. The van der Waals surface area contributed by atoms with Crippen LogP contribution in [0.3, 0.4) is 0 Å². The third-order valence-corrected chi connectivity index (χ3v) is 6.88. The lowest BCUT2D eigenvalue weighted by Crippen LogP contribution is -2.52. The molecule has 2 fully saturated rings. The molecule has 2 bridgehead atoms. The molecule has 6 nitrogen and oxygen atoms in total. The number of fused-ring (bicyclic) bond motifs is 2. The molecule has 0 aliphatic carbocycles. The smallest absolute Gasteiger partial charge is 0.251 e. The minimum atomic E-state index is -0.704. The molecular formula is C26H28F2N4O2. The molecule has 2 unspecified atom stereocenters. The first-order valence-corrected chi connectivity index (χ1v) is 11.7. The van der Waals surface area contributed by atoms with E-state index in [1.807, 2.05) is 24.3 Å². The van der Waals surface area contributed by atoms with Gasteiger partial charge in [-0.05, 0) is 49.9 Å². The molecule has 4 rings (SSSR count). The van der Waals surface area contributed by atoms with Gasteiger partial charge in [0.1, 0.15) is 18.1 Å². The normalized spacial score (nSPS) is 21.6. The minimum absolute atomic E-state index is 0.0707. The Morgan fingerprint density at radius 1 is 1.03 bits per heavy atom. The number of carbonyl (C=O) groups excluding carboxylic acids is 2. The number of hydrogen-bond acceptors (Lipinski definition) is 4. The van der Waals surface area contributed by atoms with Crippen LogP contribution >= 0.6 is 0 Å². The maximum Gasteiger partial charge on any atom is 0.251 e. The Kier molecular flexibility index (Phi) is 7.53. The Labute approximate surface area is 198 Å². The molecule has 0 aromatic heterocycles. The minimum Gasteiger partial charge on any atom is -0.349 e. The Balaban J connectivity index is 1.37. The van der Waals surface area contributed by atoms with Crippen molar-refractivity contribution in [1.29, 1.82) is 5.26 Å². The zero-order chi connectivity index (χ0) is 24.1. The molecule has 8 heteroatoms. The van der Waals surface area contributed by atoms with Gasteiger partial charge in [0.15, 0.2) is 0 Å². The van der Waals surface area contributed by atoms with Gasteiger partial charge >= 0.3 is 0 Å². The number of nitriles is 1. The van der Waals surface area contributed by atoms with Crippen LogP contribution in [-0.4, -0.2) is 52.8 Å². The summed E-state index contributed by atoms with van der Waals surface area (Å²) in [5.41, 5.74) is 0.475. The number of piperidine rings is 1. The molecule has 178 valence electrons. The van der Waals surface area contributed by atoms with Gasteiger partial charge < -0.3 is 10.2 Å². The molecule has 0 spiro atoms. The highest BCUT2D eigenvalue weighted by molar-refractivity contribution is 5.94. The summed E-state index contributed by atoms with van der Waals surface area (Å²) < 4.78 is 28.3. The van der Waals surface area contributed by atoms with Gasteiger partial charge in [-0.2, -0.15) is 5.26 Å². The van der Waals surface area contributed by atoms with Crippen molar-refractivity contribution < 1.29 is 18.4 Å². The number of carbonyl (C=O) groups is 2. The van der Waals surface area contributed by atoms with Crippen molar-refractivity contribution in [2.45, 2.75) is 56.8 Å². The van der Waals surface area contributed by atoms with Crippen molar-refractivity contribution in [3.63, 3.8) is 0 Å². The summed E-state index contributed by atoms with van der Waals surface area (Å²) in [6, 6.07) is 15.2. The molecule has 2 aliphatic rings. The van der Waals surface area contributed by atoms with E-state index in [0.29, 0.717) is 12.1 Å². The van der Waals surface area contributed by atoms with Gasteiger partial charge in [0.05, 0.1) is 12.6 Å². The van der Waals surface area contributed by atoms with E-state index in [9.17, 15) is 18.4 Å². The molecule has 2 aliphatic heterocycles. The molecule has 2 heterocycles. The SMILES string of the molecule is N#CCC(=O)N(CCN1C2CCC1CC(NC(=O)c1ccccc1)C2)Cc1c(F)cccc1F. The summed E-state index contributed by atoms with van der Waals surface area (Å²) in [6.07, 6.45) is 3.33. The van der Waals surface area contributed by atoms with E-state index in [4.69, 9.17) is 5.26 Å². The van der Waals surface area contributed by atoms with Crippen molar-refractivity contribution >= 4 is 11.8 Å². The fourth-order valence-corrected chi connectivity index (χ4v) is 5.20. The quantitative estimate of drug-likeness (QED) is 0.645.